The molecule has 0 saturated heterocycles. The van der Waals surface area contributed by atoms with Crippen molar-refractivity contribution in [1.82, 2.24) is 9.78 Å². The molecule has 1 rings (SSSR count). The van der Waals surface area contributed by atoms with Gasteiger partial charge in [-0.25, -0.2) is 0 Å². The van der Waals surface area contributed by atoms with E-state index in [0.29, 0.717) is 5.92 Å². The summed E-state index contributed by atoms with van der Waals surface area (Å²) in [5.41, 5.74) is 1.18. The van der Waals surface area contributed by atoms with Crippen molar-refractivity contribution in [3.8, 4) is 0 Å². The molecule has 0 saturated carbocycles. The molecule has 0 N–H and O–H groups in total. The van der Waals surface area contributed by atoms with Gasteiger partial charge in [-0.2, -0.15) is 5.10 Å². The van der Waals surface area contributed by atoms with Crippen molar-refractivity contribution in [1.29, 1.82) is 0 Å². The summed E-state index contributed by atoms with van der Waals surface area (Å²) in [5.74, 6) is 1.47. The van der Waals surface area contributed by atoms with E-state index in [1.54, 1.807) is 21.6 Å². The van der Waals surface area contributed by atoms with Crippen LogP contribution in [0, 0.1) is 0 Å². The summed E-state index contributed by atoms with van der Waals surface area (Å²) in [6.45, 7) is 4.32. The minimum Gasteiger partial charge on any atom is -0.262 e. The summed E-state index contributed by atoms with van der Waals surface area (Å²) >= 11 is 0. The maximum Gasteiger partial charge on any atom is 0.0965 e. The Kier molecular flexibility index (Phi) is 4.01. The highest BCUT2D eigenvalue weighted by atomic mass is 33.1. The third-order valence-corrected chi connectivity index (χ3v) is 3.18. The first-order chi connectivity index (χ1) is 5.74. The Morgan fingerprint density at radius 1 is 1.58 bits per heavy atom. The van der Waals surface area contributed by atoms with Gasteiger partial charge < -0.3 is 0 Å². The average Bonchev–Trinajstić information content (AvgIpc) is 2.48. The van der Waals surface area contributed by atoms with Crippen molar-refractivity contribution in [3.63, 3.8) is 0 Å². The summed E-state index contributed by atoms with van der Waals surface area (Å²) in [7, 11) is 3.57. The number of nitrogens with zero attached hydrogens (tertiary/aromatic N) is 2. The van der Waals surface area contributed by atoms with Gasteiger partial charge in [0.05, 0.1) is 11.6 Å². The molecule has 0 atom stereocenters. The molecule has 68 valence electrons. The van der Waals surface area contributed by atoms with Gasteiger partial charge in [-0.1, -0.05) is 35.4 Å². The van der Waals surface area contributed by atoms with Gasteiger partial charge in [0.15, 0.2) is 0 Å². The van der Waals surface area contributed by atoms with Crippen LogP contribution >= 0.6 is 21.6 Å². The van der Waals surface area contributed by atoms with E-state index in [-0.39, 0.29) is 0 Å². The molecule has 1 aromatic rings. The quantitative estimate of drug-likeness (QED) is 0.699. The molecule has 0 amide bonds. The van der Waals surface area contributed by atoms with Gasteiger partial charge in [0.1, 0.15) is 0 Å². The Morgan fingerprint density at radius 2 is 2.33 bits per heavy atom. The average molecular weight is 202 g/mol. The molecule has 1 aromatic heterocycles. The lowest BCUT2D eigenvalue weighted by atomic mass is 10.1. The summed E-state index contributed by atoms with van der Waals surface area (Å²) in [5, 5.41) is 4.43. The second-order valence-corrected chi connectivity index (χ2v) is 5.38. The van der Waals surface area contributed by atoms with E-state index in [9.17, 15) is 0 Å². The number of rotatable bonds is 4. The van der Waals surface area contributed by atoms with Crippen LogP contribution in [0.4, 0.5) is 0 Å². The molecule has 0 aliphatic carbocycles. The van der Waals surface area contributed by atoms with Crippen LogP contribution in [0.5, 0.6) is 0 Å². The van der Waals surface area contributed by atoms with Gasteiger partial charge in [0.25, 0.3) is 0 Å². The van der Waals surface area contributed by atoms with E-state index in [4.69, 9.17) is 0 Å². The fourth-order valence-corrected chi connectivity index (χ4v) is 1.86. The predicted molar refractivity (Wildman–Crippen MR) is 57.4 cm³/mol. The third kappa shape index (κ3) is 2.75. The SMILES string of the molecule is CSSCn1ccc(C(C)C)n1. The number of hydrogen-bond acceptors (Lipinski definition) is 3. The summed E-state index contributed by atoms with van der Waals surface area (Å²) in [6.07, 6.45) is 4.12. The van der Waals surface area contributed by atoms with Crippen molar-refractivity contribution in [2.24, 2.45) is 0 Å². The van der Waals surface area contributed by atoms with E-state index in [1.165, 1.54) is 5.69 Å². The Labute approximate surface area is 81.5 Å². The molecule has 0 aliphatic rings. The molecule has 0 unspecified atom stereocenters. The van der Waals surface area contributed by atoms with Crippen molar-refractivity contribution >= 4 is 21.6 Å². The molecule has 0 radical (unpaired) electrons. The van der Waals surface area contributed by atoms with E-state index < -0.39 is 0 Å². The largest absolute Gasteiger partial charge is 0.262 e. The number of aromatic nitrogens is 2. The molecule has 0 fully saturated rings. The van der Waals surface area contributed by atoms with E-state index in [1.807, 2.05) is 10.9 Å². The second-order valence-electron chi connectivity index (χ2n) is 2.85. The highest BCUT2D eigenvalue weighted by Crippen LogP contribution is 2.19. The molecular weight excluding hydrogens is 188 g/mol. The van der Waals surface area contributed by atoms with E-state index in [0.717, 1.165) is 5.88 Å². The Bertz CT molecular complexity index is 233. The standard InChI is InChI=1S/C8H14N2S2/c1-7(2)8-4-5-10(9-8)6-12-11-3/h4-5,7H,6H2,1-3H3. The molecule has 1 heterocycles. The van der Waals surface area contributed by atoms with Crippen LogP contribution in [0.25, 0.3) is 0 Å². The lowest BCUT2D eigenvalue weighted by Crippen LogP contribution is -1.96. The second kappa shape index (κ2) is 4.82. The smallest absolute Gasteiger partial charge is 0.0965 e. The maximum atomic E-state index is 4.43. The normalized spacial score (nSPS) is 11.0. The van der Waals surface area contributed by atoms with Crippen molar-refractivity contribution < 1.29 is 0 Å². The highest BCUT2D eigenvalue weighted by Gasteiger charge is 2.02. The molecule has 0 spiro atoms. The summed E-state index contributed by atoms with van der Waals surface area (Å²) < 4.78 is 1.98. The van der Waals surface area contributed by atoms with Crippen LogP contribution in [0.15, 0.2) is 12.3 Å². The molecule has 0 aromatic carbocycles. The third-order valence-electron chi connectivity index (χ3n) is 1.56. The van der Waals surface area contributed by atoms with Crippen LogP contribution < -0.4 is 0 Å². The first-order valence-electron chi connectivity index (χ1n) is 3.93. The highest BCUT2D eigenvalue weighted by molar-refractivity contribution is 8.76. The van der Waals surface area contributed by atoms with Crippen LogP contribution in [0.1, 0.15) is 25.5 Å². The molecule has 4 heteroatoms. The minimum absolute atomic E-state index is 0.533. The zero-order valence-corrected chi connectivity index (χ0v) is 9.28. The first-order valence-corrected chi connectivity index (χ1v) is 6.65. The lowest BCUT2D eigenvalue weighted by Gasteiger charge is -1.99. The predicted octanol–water partition coefficient (Wildman–Crippen LogP) is 2.98. The monoisotopic (exact) mass is 202 g/mol. The molecule has 12 heavy (non-hydrogen) atoms. The van der Waals surface area contributed by atoms with Gasteiger partial charge in [0.2, 0.25) is 0 Å². The van der Waals surface area contributed by atoms with Gasteiger partial charge in [-0.05, 0) is 18.2 Å². The first kappa shape index (κ1) is 9.99. The van der Waals surface area contributed by atoms with E-state index >= 15 is 0 Å². The van der Waals surface area contributed by atoms with Crippen LogP contribution in [-0.2, 0) is 5.88 Å². The lowest BCUT2D eigenvalue weighted by molar-refractivity contribution is 0.704. The Balaban J connectivity index is 2.52. The van der Waals surface area contributed by atoms with Gasteiger partial charge in [0, 0.05) is 6.20 Å². The zero-order chi connectivity index (χ0) is 8.97. The van der Waals surface area contributed by atoms with Crippen LogP contribution in [-0.4, -0.2) is 16.0 Å². The van der Waals surface area contributed by atoms with Crippen molar-refractivity contribution in [2.75, 3.05) is 6.26 Å². The van der Waals surface area contributed by atoms with Crippen molar-refractivity contribution in [2.45, 2.75) is 25.6 Å². The fourth-order valence-electron chi connectivity index (χ4n) is 0.864. The van der Waals surface area contributed by atoms with Gasteiger partial charge >= 0.3 is 0 Å². The Morgan fingerprint density at radius 3 is 2.83 bits per heavy atom. The molecule has 2 nitrogen and oxygen atoms in total. The van der Waals surface area contributed by atoms with E-state index in [2.05, 4.69) is 31.3 Å². The van der Waals surface area contributed by atoms with Crippen LogP contribution in [0.2, 0.25) is 0 Å². The maximum absolute atomic E-state index is 4.43. The minimum atomic E-state index is 0.533. The topological polar surface area (TPSA) is 17.8 Å². The number of hydrogen-bond donors (Lipinski definition) is 0. The van der Waals surface area contributed by atoms with Crippen LogP contribution in [0.3, 0.4) is 0 Å². The molecular formula is C8H14N2S2. The summed E-state index contributed by atoms with van der Waals surface area (Å²) in [4.78, 5) is 0. The fraction of sp³-hybridized carbons (Fsp3) is 0.625. The zero-order valence-electron chi connectivity index (χ0n) is 7.65. The molecule has 0 aliphatic heterocycles. The summed E-state index contributed by atoms with van der Waals surface area (Å²) in [6, 6.07) is 2.09. The van der Waals surface area contributed by atoms with Gasteiger partial charge in [-0.3, -0.25) is 4.68 Å². The van der Waals surface area contributed by atoms with Crippen molar-refractivity contribution in [3.05, 3.63) is 18.0 Å². The van der Waals surface area contributed by atoms with Gasteiger partial charge in [-0.15, -0.1) is 0 Å². The molecule has 0 bridgehead atoms. The Hall–Kier alpha value is -0.0900.